The van der Waals surface area contributed by atoms with Gasteiger partial charge in [-0.2, -0.15) is 4.98 Å². The van der Waals surface area contributed by atoms with E-state index in [9.17, 15) is 9.50 Å². The Balaban J connectivity index is 2.01. The zero-order chi connectivity index (χ0) is 15.0. The average Bonchev–Trinajstić information content (AvgIpc) is 2.88. The summed E-state index contributed by atoms with van der Waals surface area (Å²) in [4.78, 5) is 9.30. The van der Waals surface area contributed by atoms with Gasteiger partial charge in [-0.1, -0.05) is 12.1 Å². The van der Waals surface area contributed by atoms with E-state index in [0.29, 0.717) is 5.69 Å². The maximum absolute atomic E-state index is 13.8. The minimum Gasteiger partial charge on any atom is -0.374 e. The smallest absolute Gasteiger partial charge is 0.224 e. The van der Waals surface area contributed by atoms with Crippen LogP contribution in [0.2, 0.25) is 5.28 Å². The summed E-state index contributed by atoms with van der Waals surface area (Å²) in [7, 11) is 0. The molecule has 1 atom stereocenters. The van der Waals surface area contributed by atoms with Crippen LogP contribution in [0.3, 0.4) is 0 Å². The fraction of sp³-hybridized carbons (Fsp3) is 0.286. The first kappa shape index (κ1) is 14.0. The summed E-state index contributed by atoms with van der Waals surface area (Å²) in [6.07, 6.45) is 1.24. The number of aromatic nitrogens is 2. The molecule has 7 heteroatoms. The first-order valence-corrected chi connectivity index (χ1v) is 6.95. The van der Waals surface area contributed by atoms with E-state index in [-0.39, 0.29) is 11.1 Å². The lowest BCUT2D eigenvalue weighted by Crippen LogP contribution is -2.31. The van der Waals surface area contributed by atoms with Crippen molar-refractivity contribution < 1.29 is 9.50 Å². The predicted molar refractivity (Wildman–Crippen MR) is 79.5 cm³/mol. The van der Waals surface area contributed by atoms with Crippen LogP contribution < -0.4 is 10.2 Å². The molecule has 2 aromatic rings. The molecule has 0 aliphatic carbocycles. The summed E-state index contributed by atoms with van der Waals surface area (Å²) in [5.74, 6) is -0.570. The fourth-order valence-electron chi connectivity index (χ4n) is 2.52. The number of nitrogens with one attached hydrogen (secondary N) is 1. The minimum absolute atomic E-state index is 0.0147. The lowest BCUT2D eigenvalue weighted by molar-refractivity contribution is 0.191. The Labute approximate surface area is 126 Å². The van der Waals surface area contributed by atoms with Crippen molar-refractivity contribution in [2.24, 2.45) is 0 Å². The van der Waals surface area contributed by atoms with Crippen molar-refractivity contribution in [3.63, 3.8) is 0 Å². The summed E-state index contributed by atoms with van der Waals surface area (Å²) in [5.41, 5.74) is 2.64. The summed E-state index contributed by atoms with van der Waals surface area (Å²) in [6.45, 7) is 2.42. The second-order valence-electron chi connectivity index (χ2n) is 4.85. The van der Waals surface area contributed by atoms with Gasteiger partial charge < -0.3 is 15.3 Å². The number of nitrogens with zero attached hydrogens (tertiary/aromatic N) is 3. The summed E-state index contributed by atoms with van der Waals surface area (Å²) in [6, 6.07) is 5.69. The van der Waals surface area contributed by atoms with Crippen molar-refractivity contribution in [3.05, 3.63) is 41.1 Å². The van der Waals surface area contributed by atoms with Crippen molar-refractivity contribution in [1.29, 1.82) is 0 Å². The highest BCUT2D eigenvalue weighted by molar-refractivity contribution is 6.28. The van der Waals surface area contributed by atoms with Crippen LogP contribution in [0.25, 0.3) is 0 Å². The fourth-order valence-corrected chi connectivity index (χ4v) is 2.65. The molecule has 0 saturated heterocycles. The van der Waals surface area contributed by atoms with Crippen LogP contribution in [0.4, 0.5) is 21.6 Å². The van der Waals surface area contributed by atoms with Gasteiger partial charge in [0.2, 0.25) is 5.28 Å². The average molecular weight is 309 g/mol. The van der Waals surface area contributed by atoms with Crippen LogP contribution >= 0.6 is 11.6 Å². The highest BCUT2D eigenvalue weighted by atomic mass is 35.5. The van der Waals surface area contributed by atoms with Crippen molar-refractivity contribution in [2.75, 3.05) is 16.8 Å². The maximum atomic E-state index is 13.8. The largest absolute Gasteiger partial charge is 0.374 e. The standard InChI is InChI=1S/C14H14ClFN4O/c1-8(21)20-6-5-9-3-2-4-11(12(9)20)18-13-10(16)7-17-14(15)19-13/h2-4,7-8,21H,5-6H2,1H3,(H,17,18,19). The lowest BCUT2D eigenvalue weighted by atomic mass is 10.1. The van der Waals surface area contributed by atoms with Gasteiger partial charge in [-0.25, -0.2) is 9.37 Å². The van der Waals surface area contributed by atoms with Gasteiger partial charge in [0.15, 0.2) is 11.6 Å². The first-order chi connectivity index (χ1) is 10.1. The van der Waals surface area contributed by atoms with E-state index < -0.39 is 12.0 Å². The molecule has 0 spiro atoms. The number of aliphatic hydroxyl groups excluding tert-OH is 1. The molecular weight excluding hydrogens is 295 g/mol. The number of anilines is 3. The van der Waals surface area contributed by atoms with Crippen LogP contribution in [0.15, 0.2) is 24.4 Å². The zero-order valence-electron chi connectivity index (χ0n) is 11.3. The predicted octanol–water partition coefficient (Wildman–Crippen LogP) is 2.71. The molecule has 3 rings (SSSR count). The number of rotatable bonds is 3. The van der Waals surface area contributed by atoms with Crippen LogP contribution in [0, 0.1) is 5.82 Å². The molecule has 5 nitrogen and oxygen atoms in total. The number of hydrogen-bond donors (Lipinski definition) is 2. The Kier molecular flexibility index (Phi) is 3.65. The van der Waals surface area contributed by atoms with E-state index in [0.717, 1.165) is 30.4 Å². The summed E-state index contributed by atoms with van der Waals surface area (Å²) in [5, 5.41) is 12.8. The molecule has 110 valence electrons. The number of aliphatic hydroxyl groups is 1. The molecule has 0 saturated carbocycles. The van der Waals surface area contributed by atoms with Crippen molar-refractivity contribution in [1.82, 2.24) is 9.97 Å². The van der Waals surface area contributed by atoms with E-state index in [2.05, 4.69) is 15.3 Å². The molecule has 1 aromatic carbocycles. The zero-order valence-corrected chi connectivity index (χ0v) is 12.1. The lowest BCUT2D eigenvalue weighted by Gasteiger charge is -2.25. The van der Waals surface area contributed by atoms with Crippen molar-refractivity contribution in [2.45, 2.75) is 19.6 Å². The second-order valence-corrected chi connectivity index (χ2v) is 5.19. The number of hydrogen-bond acceptors (Lipinski definition) is 5. The van der Waals surface area contributed by atoms with Gasteiger partial charge in [-0.05, 0) is 36.6 Å². The molecule has 21 heavy (non-hydrogen) atoms. The van der Waals surface area contributed by atoms with Crippen molar-refractivity contribution >= 4 is 28.8 Å². The van der Waals surface area contributed by atoms with Gasteiger partial charge >= 0.3 is 0 Å². The van der Waals surface area contributed by atoms with Gasteiger partial charge in [0.05, 0.1) is 17.6 Å². The summed E-state index contributed by atoms with van der Waals surface area (Å²) < 4.78 is 13.8. The maximum Gasteiger partial charge on any atom is 0.224 e. The molecule has 0 bridgehead atoms. The third-order valence-corrected chi connectivity index (χ3v) is 3.63. The molecule has 1 aliphatic rings. The molecule has 2 N–H and O–H groups in total. The third kappa shape index (κ3) is 2.64. The molecular formula is C14H14ClFN4O. The quantitative estimate of drug-likeness (QED) is 0.854. The van der Waals surface area contributed by atoms with Crippen molar-refractivity contribution in [3.8, 4) is 0 Å². The van der Waals surface area contributed by atoms with Crippen LogP contribution in [-0.4, -0.2) is 27.8 Å². The Morgan fingerprint density at radius 1 is 1.48 bits per heavy atom. The second kappa shape index (κ2) is 5.46. The van der Waals surface area contributed by atoms with Gasteiger partial charge in [0.1, 0.15) is 6.23 Å². The number of para-hydroxylation sites is 1. The Morgan fingerprint density at radius 3 is 3.05 bits per heavy atom. The molecule has 0 fully saturated rings. The summed E-state index contributed by atoms with van der Waals surface area (Å²) >= 11 is 5.70. The van der Waals surface area contributed by atoms with Crippen LogP contribution in [-0.2, 0) is 6.42 Å². The number of fused-ring (bicyclic) bond motifs is 1. The third-order valence-electron chi connectivity index (χ3n) is 3.45. The van der Waals surface area contributed by atoms with Gasteiger partial charge in [-0.15, -0.1) is 0 Å². The molecule has 1 aromatic heterocycles. The van der Waals surface area contributed by atoms with Gasteiger partial charge in [0.25, 0.3) is 0 Å². The highest BCUT2D eigenvalue weighted by Crippen LogP contribution is 2.37. The van der Waals surface area contributed by atoms with Gasteiger partial charge in [-0.3, -0.25) is 0 Å². The van der Waals surface area contributed by atoms with Crippen LogP contribution in [0.1, 0.15) is 12.5 Å². The van der Waals surface area contributed by atoms with E-state index in [1.54, 1.807) is 6.92 Å². The molecule has 0 radical (unpaired) electrons. The van der Waals surface area contributed by atoms with E-state index >= 15 is 0 Å². The van der Waals surface area contributed by atoms with E-state index in [1.165, 1.54) is 0 Å². The Bertz CT molecular complexity index is 680. The number of halogens is 2. The van der Waals surface area contributed by atoms with Gasteiger partial charge in [0, 0.05) is 6.54 Å². The Hall–Kier alpha value is -1.92. The van der Waals surface area contributed by atoms with E-state index in [1.807, 2.05) is 23.1 Å². The normalized spacial score (nSPS) is 15.0. The highest BCUT2D eigenvalue weighted by Gasteiger charge is 2.25. The van der Waals surface area contributed by atoms with Crippen LogP contribution in [0.5, 0.6) is 0 Å². The monoisotopic (exact) mass is 308 g/mol. The number of benzene rings is 1. The topological polar surface area (TPSA) is 61.3 Å². The first-order valence-electron chi connectivity index (χ1n) is 6.58. The molecule has 2 heterocycles. The SMILES string of the molecule is CC(O)N1CCc2cccc(Nc3nc(Cl)ncc3F)c21. The molecule has 1 aliphatic heterocycles. The molecule has 1 unspecified atom stereocenters. The Morgan fingerprint density at radius 2 is 2.29 bits per heavy atom. The van der Waals surface area contributed by atoms with E-state index in [4.69, 9.17) is 11.6 Å². The minimum atomic E-state index is -0.618. The molecule has 0 amide bonds.